The van der Waals surface area contributed by atoms with Crippen LogP contribution in [0.2, 0.25) is 0 Å². The van der Waals surface area contributed by atoms with Gasteiger partial charge in [-0.05, 0) is 48.3 Å². The van der Waals surface area contributed by atoms with Crippen LogP contribution in [0.3, 0.4) is 0 Å². The maximum atomic E-state index is 2.54. The summed E-state index contributed by atoms with van der Waals surface area (Å²) in [6, 6.07) is 7.22. The minimum Gasteiger partial charge on any atom is -0.0654 e. The summed E-state index contributed by atoms with van der Waals surface area (Å²) >= 11 is 0. The average molecular weight is 330 g/mol. The van der Waals surface area contributed by atoms with E-state index in [4.69, 9.17) is 0 Å². The van der Waals surface area contributed by atoms with Gasteiger partial charge in [-0.2, -0.15) is 0 Å². The van der Waals surface area contributed by atoms with Crippen LogP contribution in [-0.4, -0.2) is 0 Å². The molecule has 0 aliphatic carbocycles. The van der Waals surface area contributed by atoms with E-state index in [2.05, 4.69) is 52.3 Å². The zero-order chi connectivity index (χ0) is 17.6. The van der Waals surface area contributed by atoms with E-state index in [1.54, 1.807) is 11.1 Å². The van der Waals surface area contributed by atoms with Gasteiger partial charge in [0.2, 0.25) is 0 Å². The van der Waals surface area contributed by atoms with Gasteiger partial charge >= 0.3 is 0 Å². The maximum Gasteiger partial charge on any atom is -0.0245 e. The molecule has 1 radical (unpaired) electrons. The minimum absolute atomic E-state index is 0.751. The molecule has 1 unspecified atom stereocenters. The number of unbranched alkanes of at least 4 members (excludes halogenated alkanes) is 5. The lowest BCUT2D eigenvalue weighted by molar-refractivity contribution is 0.519. The Balaban J connectivity index is 2.33. The summed E-state index contributed by atoms with van der Waals surface area (Å²) in [6.07, 6.45) is 18.4. The van der Waals surface area contributed by atoms with Crippen molar-refractivity contribution in [1.82, 2.24) is 0 Å². The Morgan fingerprint density at radius 3 is 2.17 bits per heavy atom. The number of aryl methyl sites for hydroxylation is 2. The summed E-state index contributed by atoms with van der Waals surface area (Å²) in [4.78, 5) is 0. The Morgan fingerprint density at radius 1 is 0.792 bits per heavy atom. The molecular formula is C24H41. The topological polar surface area (TPSA) is 0 Å². The second-order valence-corrected chi connectivity index (χ2v) is 7.58. The molecule has 0 aliphatic heterocycles. The molecule has 137 valence electrons. The molecule has 0 saturated carbocycles. The fourth-order valence-corrected chi connectivity index (χ4v) is 3.52. The standard InChI is InChI=1S/C24H41/c1-5-8-9-10-11-12-15-21(4)16-17-22-18-19-23(13-6-2)24(20-22)14-7-3/h16,18-21H,5-15,17H2,1-4H3. The van der Waals surface area contributed by atoms with Crippen molar-refractivity contribution < 1.29 is 0 Å². The van der Waals surface area contributed by atoms with Crippen LogP contribution in [0.5, 0.6) is 0 Å². The van der Waals surface area contributed by atoms with E-state index >= 15 is 0 Å². The van der Waals surface area contributed by atoms with Gasteiger partial charge < -0.3 is 0 Å². The normalized spacial score (nSPS) is 12.5. The monoisotopic (exact) mass is 329 g/mol. The molecule has 0 spiro atoms. The van der Waals surface area contributed by atoms with Crippen LogP contribution in [0.25, 0.3) is 0 Å². The highest BCUT2D eigenvalue weighted by atomic mass is 14.1. The van der Waals surface area contributed by atoms with Crippen molar-refractivity contribution in [3.05, 3.63) is 41.3 Å². The van der Waals surface area contributed by atoms with E-state index in [9.17, 15) is 0 Å². The molecule has 0 aromatic heterocycles. The molecule has 1 atom stereocenters. The van der Waals surface area contributed by atoms with Gasteiger partial charge in [0, 0.05) is 0 Å². The fraction of sp³-hybridized carbons (Fsp3) is 0.708. The minimum atomic E-state index is 0.751. The summed E-state index contributed by atoms with van der Waals surface area (Å²) in [5.74, 6) is 0.751. The van der Waals surface area contributed by atoms with Gasteiger partial charge in [0.15, 0.2) is 0 Å². The third-order valence-corrected chi connectivity index (χ3v) is 5.08. The van der Waals surface area contributed by atoms with Crippen LogP contribution in [-0.2, 0) is 19.3 Å². The molecule has 1 rings (SSSR count). The van der Waals surface area contributed by atoms with Crippen LogP contribution in [0.4, 0.5) is 0 Å². The average Bonchev–Trinajstić information content (AvgIpc) is 2.58. The van der Waals surface area contributed by atoms with Crippen molar-refractivity contribution in [2.45, 2.75) is 105 Å². The molecule has 0 fully saturated rings. The van der Waals surface area contributed by atoms with Crippen molar-refractivity contribution in [1.29, 1.82) is 0 Å². The summed E-state index contributed by atoms with van der Waals surface area (Å²) in [5, 5.41) is 0. The van der Waals surface area contributed by atoms with E-state index in [-0.39, 0.29) is 0 Å². The number of hydrogen-bond acceptors (Lipinski definition) is 0. The Morgan fingerprint density at radius 2 is 1.46 bits per heavy atom. The van der Waals surface area contributed by atoms with Crippen molar-refractivity contribution in [2.24, 2.45) is 5.92 Å². The highest BCUT2D eigenvalue weighted by Gasteiger charge is 2.06. The van der Waals surface area contributed by atoms with Crippen LogP contribution < -0.4 is 0 Å². The first kappa shape index (κ1) is 21.3. The molecule has 0 aliphatic rings. The van der Waals surface area contributed by atoms with E-state index in [1.807, 2.05) is 0 Å². The van der Waals surface area contributed by atoms with Crippen LogP contribution >= 0.6 is 0 Å². The second kappa shape index (κ2) is 13.5. The molecule has 0 heterocycles. The van der Waals surface area contributed by atoms with Gasteiger partial charge in [0.05, 0.1) is 0 Å². The quantitative estimate of drug-likeness (QED) is 0.306. The van der Waals surface area contributed by atoms with Gasteiger partial charge in [0.25, 0.3) is 0 Å². The number of rotatable bonds is 14. The largest absolute Gasteiger partial charge is 0.0654 e. The van der Waals surface area contributed by atoms with Crippen LogP contribution in [0.15, 0.2) is 18.2 Å². The third-order valence-electron chi connectivity index (χ3n) is 5.08. The highest BCUT2D eigenvalue weighted by Crippen LogP contribution is 2.20. The van der Waals surface area contributed by atoms with E-state index in [0.29, 0.717) is 0 Å². The summed E-state index contributed by atoms with van der Waals surface area (Å²) in [5.41, 5.74) is 4.67. The van der Waals surface area contributed by atoms with Crippen molar-refractivity contribution in [2.75, 3.05) is 0 Å². The van der Waals surface area contributed by atoms with Gasteiger partial charge in [-0.25, -0.2) is 0 Å². The molecular weight excluding hydrogens is 288 g/mol. The van der Waals surface area contributed by atoms with Gasteiger partial charge in [-0.15, -0.1) is 0 Å². The molecule has 0 bridgehead atoms. The molecule has 1 aromatic rings. The molecule has 0 heteroatoms. The number of hydrogen-bond donors (Lipinski definition) is 0. The Hall–Kier alpha value is -0.780. The van der Waals surface area contributed by atoms with Crippen LogP contribution in [0.1, 0.15) is 102 Å². The van der Waals surface area contributed by atoms with Crippen molar-refractivity contribution >= 4 is 0 Å². The molecule has 0 amide bonds. The van der Waals surface area contributed by atoms with Crippen molar-refractivity contribution in [3.8, 4) is 0 Å². The summed E-state index contributed by atoms with van der Waals surface area (Å²) in [6.45, 7) is 9.25. The van der Waals surface area contributed by atoms with Gasteiger partial charge in [-0.1, -0.05) is 104 Å². The first-order valence-corrected chi connectivity index (χ1v) is 10.6. The molecule has 1 aromatic carbocycles. The van der Waals surface area contributed by atoms with E-state index < -0.39 is 0 Å². The van der Waals surface area contributed by atoms with Crippen molar-refractivity contribution in [3.63, 3.8) is 0 Å². The second-order valence-electron chi connectivity index (χ2n) is 7.58. The van der Waals surface area contributed by atoms with E-state index in [0.717, 1.165) is 12.3 Å². The number of benzene rings is 1. The lowest BCUT2D eigenvalue weighted by Crippen LogP contribution is -2.01. The fourth-order valence-electron chi connectivity index (χ4n) is 3.52. The van der Waals surface area contributed by atoms with E-state index in [1.165, 1.54) is 76.2 Å². The predicted molar refractivity (Wildman–Crippen MR) is 110 cm³/mol. The maximum absolute atomic E-state index is 2.54. The van der Waals surface area contributed by atoms with Gasteiger partial charge in [-0.3, -0.25) is 0 Å². The Labute approximate surface area is 152 Å². The lowest BCUT2D eigenvalue weighted by atomic mass is 9.92. The smallest absolute Gasteiger partial charge is 0.0245 e. The summed E-state index contributed by atoms with van der Waals surface area (Å²) < 4.78 is 0. The van der Waals surface area contributed by atoms with Crippen LogP contribution in [0, 0.1) is 12.3 Å². The zero-order valence-corrected chi connectivity index (χ0v) is 16.9. The summed E-state index contributed by atoms with van der Waals surface area (Å²) in [7, 11) is 0. The van der Waals surface area contributed by atoms with Gasteiger partial charge in [0.1, 0.15) is 0 Å². The Kier molecular flexibility index (Phi) is 12.0. The molecule has 0 nitrogen and oxygen atoms in total. The molecule has 0 N–H and O–H groups in total. The first-order chi connectivity index (χ1) is 11.7. The lowest BCUT2D eigenvalue weighted by Gasteiger charge is -2.13. The third kappa shape index (κ3) is 8.90. The predicted octanol–water partition coefficient (Wildman–Crippen LogP) is 7.73. The molecule has 0 saturated heterocycles. The Bertz CT molecular complexity index is 418. The molecule has 24 heavy (non-hydrogen) atoms. The first-order valence-electron chi connectivity index (χ1n) is 10.6. The SMILES string of the molecule is CCCCCCCCC(C)[CH]Cc1ccc(CCC)c(CCC)c1. The highest BCUT2D eigenvalue weighted by molar-refractivity contribution is 5.33. The zero-order valence-electron chi connectivity index (χ0n) is 16.9.